The Labute approximate surface area is 541 Å². The number of halogens is 12. The molecule has 0 amide bonds. The van der Waals surface area contributed by atoms with Gasteiger partial charge in [0.2, 0.25) is 0 Å². The lowest BCUT2D eigenvalue weighted by Gasteiger charge is -2.35. The number of fused-ring (bicyclic) bond motifs is 9. The normalized spacial score (nSPS) is 16.8. The molecule has 10 aromatic rings. The van der Waals surface area contributed by atoms with Gasteiger partial charge in [-0.3, -0.25) is 4.79 Å². The van der Waals surface area contributed by atoms with Crippen molar-refractivity contribution in [1.82, 2.24) is 0 Å². The summed E-state index contributed by atoms with van der Waals surface area (Å²) < 4.78 is 185. The van der Waals surface area contributed by atoms with Crippen LogP contribution in [0.3, 0.4) is 0 Å². The summed E-state index contributed by atoms with van der Waals surface area (Å²) in [6.45, 7) is 4.49. The van der Waals surface area contributed by atoms with Gasteiger partial charge >= 0.3 is 24.7 Å². The van der Waals surface area contributed by atoms with Gasteiger partial charge in [-0.05, 0) is 209 Å². The lowest BCUT2D eigenvalue weighted by atomic mass is 9.66. The molecule has 3 aliphatic rings. The summed E-state index contributed by atoms with van der Waals surface area (Å²) in [6, 6.07) is 52.8. The highest BCUT2D eigenvalue weighted by atomic mass is 19.4. The Balaban J connectivity index is 1.01. The Kier molecular flexibility index (Phi) is 16.3. The standard InChI is InChI=1S/C80H62F12O3/c1-3-5-7-13-35-74(36-14-8-6-4-2)70-37-48(50-21-33-66-62-15-9-11-17-68(62)75(72(66)39-50,52-23-27-60(94)28-24-52)54-41-56(77(81,82)83)45-57(42-54)78(84,85)86)19-31-64(70)65-32-20-49(38-71(65)74)51-22-34-67-63-16-10-12-18-69(63)76(73(67)40-51,53-25-29-61(30-26-53)95-47-93)55-43-58(79(87,88)89)46-59(44-55)80(90,91)92/h9-12,15-34,37-47,94H,3-8,13-14,35-36H2,1-2H3. The van der Waals surface area contributed by atoms with Gasteiger partial charge in [0.15, 0.2) is 0 Å². The zero-order chi connectivity index (χ0) is 67.0. The third-order valence-electron chi connectivity index (χ3n) is 19.8. The number of benzene rings is 10. The first-order chi connectivity index (χ1) is 45.4. The lowest BCUT2D eigenvalue weighted by Crippen LogP contribution is -2.30. The molecule has 3 nitrogen and oxygen atoms in total. The van der Waals surface area contributed by atoms with Crippen molar-refractivity contribution in [3.8, 4) is 67.1 Å². The fourth-order valence-corrected chi connectivity index (χ4v) is 15.6. The summed E-state index contributed by atoms with van der Waals surface area (Å²) in [5.41, 5.74) is 0.869. The molecule has 0 fully saturated rings. The number of phenolic OH excluding ortho intramolecular Hbond substituents is 1. The van der Waals surface area contributed by atoms with Gasteiger partial charge in [-0.1, -0.05) is 187 Å². The second-order valence-electron chi connectivity index (χ2n) is 25.2. The Bertz CT molecular complexity index is 4520. The van der Waals surface area contributed by atoms with Crippen LogP contribution < -0.4 is 4.74 Å². The van der Waals surface area contributed by atoms with Crippen molar-refractivity contribution in [3.63, 3.8) is 0 Å². The fraction of sp³-hybridized carbons (Fsp3) is 0.237. The second kappa shape index (κ2) is 24.1. The van der Waals surface area contributed by atoms with E-state index in [4.69, 9.17) is 4.74 Å². The average molecular weight is 1300 g/mol. The molecule has 0 aromatic heterocycles. The Morgan fingerprint density at radius 2 is 0.674 bits per heavy atom. The largest absolute Gasteiger partial charge is 0.508 e. The summed E-state index contributed by atoms with van der Waals surface area (Å²) in [7, 11) is 0. The van der Waals surface area contributed by atoms with E-state index in [0.29, 0.717) is 66.8 Å². The summed E-state index contributed by atoms with van der Waals surface area (Å²) in [6.07, 6.45) is -11.8. The van der Waals surface area contributed by atoms with E-state index in [9.17, 15) is 36.2 Å². The van der Waals surface area contributed by atoms with Crippen molar-refractivity contribution in [2.75, 3.05) is 0 Å². The number of alkyl halides is 12. The van der Waals surface area contributed by atoms with E-state index in [-0.39, 0.29) is 41.2 Å². The minimum Gasteiger partial charge on any atom is -0.508 e. The van der Waals surface area contributed by atoms with Crippen LogP contribution >= 0.6 is 0 Å². The highest BCUT2D eigenvalue weighted by Crippen LogP contribution is 2.62. The van der Waals surface area contributed by atoms with E-state index in [1.54, 1.807) is 60.7 Å². The molecule has 1 N–H and O–H groups in total. The quantitative estimate of drug-likeness (QED) is 0.0529. The summed E-state index contributed by atoms with van der Waals surface area (Å²) >= 11 is 0. The summed E-state index contributed by atoms with van der Waals surface area (Å²) in [5.74, 6) is -0.0565. The van der Waals surface area contributed by atoms with Gasteiger partial charge < -0.3 is 9.84 Å². The molecule has 15 heteroatoms. The van der Waals surface area contributed by atoms with Crippen LogP contribution in [0.15, 0.2) is 206 Å². The van der Waals surface area contributed by atoms with Gasteiger partial charge in [-0.2, -0.15) is 52.7 Å². The zero-order valence-corrected chi connectivity index (χ0v) is 51.6. The molecule has 10 aromatic carbocycles. The molecule has 0 bridgehead atoms. The predicted octanol–water partition coefficient (Wildman–Crippen LogP) is 23.3. The molecule has 2 atom stereocenters. The van der Waals surface area contributed by atoms with Gasteiger partial charge in [-0.15, -0.1) is 0 Å². The smallest absolute Gasteiger partial charge is 0.416 e. The van der Waals surface area contributed by atoms with Gasteiger partial charge in [0.1, 0.15) is 11.5 Å². The van der Waals surface area contributed by atoms with Crippen LogP contribution in [-0.4, -0.2) is 11.6 Å². The van der Waals surface area contributed by atoms with Crippen LogP contribution in [0.2, 0.25) is 0 Å². The highest BCUT2D eigenvalue weighted by molar-refractivity contribution is 5.92. The van der Waals surface area contributed by atoms with Crippen molar-refractivity contribution in [2.45, 2.75) is 119 Å². The third kappa shape index (κ3) is 11.0. The molecule has 0 heterocycles. The molecule has 0 aliphatic heterocycles. The van der Waals surface area contributed by atoms with Crippen molar-refractivity contribution in [1.29, 1.82) is 0 Å². The van der Waals surface area contributed by atoms with Crippen molar-refractivity contribution < 1.29 is 67.3 Å². The van der Waals surface area contributed by atoms with Crippen LogP contribution in [0, 0.1) is 0 Å². The zero-order valence-electron chi connectivity index (χ0n) is 51.6. The first-order valence-corrected chi connectivity index (χ1v) is 31.8. The van der Waals surface area contributed by atoms with Crippen LogP contribution in [0.4, 0.5) is 52.7 Å². The average Bonchev–Trinajstić information content (AvgIpc) is 1.57. The van der Waals surface area contributed by atoms with Gasteiger partial charge in [0, 0.05) is 5.41 Å². The molecular formula is C80H62F12O3. The number of hydrogen-bond acceptors (Lipinski definition) is 3. The van der Waals surface area contributed by atoms with Crippen LogP contribution in [0.5, 0.6) is 11.5 Å². The van der Waals surface area contributed by atoms with Gasteiger partial charge in [-0.25, -0.2) is 0 Å². The van der Waals surface area contributed by atoms with Gasteiger partial charge in [0.05, 0.1) is 33.1 Å². The second-order valence-corrected chi connectivity index (χ2v) is 25.2. The molecule has 0 saturated carbocycles. The molecule has 3 aliphatic carbocycles. The summed E-state index contributed by atoms with van der Waals surface area (Å²) in [5, 5.41) is 10.6. The maximum Gasteiger partial charge on any atom is 0.416 e. The Morgan fingerprint density at radius 1 is 0.347 bits per heavy atom. The maximum atomic E-state index is 15.0. The number of hydrogen-bond donors (Lipinski definition) is 1. The number of carbonyl (C=O) groups excluding carboxylic acids is 1. The molecule has 13 rings (SSSR count). The van der Waals surface area contributed by atoms with Crippen molar-refractivity contribution >= 4 is 6.47 Å². The van der Waals surface area contributed by atoms with E-state index in [2.05, 4.69) is 38.1 Å². The topological polar surface area (TPSA) is 46.5 Å². The molecule has 484 valence electrons. The monoisotopic (exact) mass is 1300 g/mol. The first kappa shape index (κ1) is 64.3. The van der Waals surface area contributed by atoms with Crippen LogP contribution in [0.25, 0.3) is 55.6 Å². The number of aromatic hydroxyl groups is 1. The molecule has 0 saturated heterocycles. The highest BCUT2D eigenvalue weighted by Gasteiger charge is 2.52. The minimum absolute atomic E-state index is 0.101. The molecule has 95 heavy (non-hydrogen) atoms. The van der Waals surface area contributed by atoms with E-state index in [1.807, 2.05) is 48.5 Å². The van der Waals surface area contributed by atoms with Crippen molar-refractivity contribution in [3.05, 3.63) is 284 Å². The van der Waals surface area contributed by atoms with E-state index in [0.717, 1.165) is 122 Å². The number of carbonyl (C=O) groups is 1. The number of unbranched alkanes of at least 4 members (excludes halogenated alkanes) is 6. The maximum absolute atomic E-state index is 15.0. The Hall–Kier alpha value is -9.37. The van der Waals surface area contributed by atoms with Gasteiger partial charge in [0.25, 0.3) is 6.47 Å². The SMILES string of the molecule is CCCCCCC1(CCCCCC)c2cc(-c3ccc4c(c3)C(c3ccc(O)cc3)(c3cc(C(F)(F)F)cc(C(F)(F)F)c3)c3ccccc3-4)ccc2-c2ccc(-c3ccc4c(c3)C(c3ccc(OC=O)cc3)(c3cc(C(F)(F)F)cc(C(F)(F)F)c3)c3ccccc3-4)cc21. The van der Waals surface area contributed by atoms with E-state index in [1.165, 1.54) is 36.4 Å². The number of rotatable bonds is 18. The first-order valence-electron chi connectivity index (χ1n) is 31.8. The van der Waals surface area contributed by atoms with E-state index < -0.39 is 63.2 Å². The number of phenols is 1. The fourth-order valence-electron chi connectivity index (χ4n) is 15.6. The molecular weight excluding hydrogens is 1240 g/mol. The van der Waals surface area contributed by atoms with Crippen LogP contribution in [0.1, 0.15) is 156 Å². The molecule has 0 radical (unpaired) electrons. The molecule has 0 spiro atoms. The number of ether oxygens (including phenoxy) is 1. The lowest BCUT2D eigenvalue weighted by molar-refractivity contribution is -0.144. The summed E-state index contributed by atoms with van der Waals surface area (Å²) in [4.78, 5) is 11.5. The third-order valence-corrected chi connectivity index (χ3v) is 19.8. The minimum atomic E-state index is -5.18. The predicted molar refractivity (Wildman–Crippen MR) is 344 cm³/mol. The van der Waals surface area contributed by atoms with Crippen molar-refractivity contribution in [2.24, 2.45) is 0 Å². The van der Waals surface area contributed by atoms with E-state index >= 15 is 26.3 Å². The molecule has 2 unspecified atom stereocenters. The van der Waals surface area contributed by atoms with Crippen LogP contribution in [-0.2, 0) is 45.7 Å². The Morgan fingerprint density at radius 3 is 1.02 bits per heavy atom.